The molecule has 3 aromatic rings. The molecule has 0 aliphatic heterocycles. The lowest BCUT2D eigenvalue weighted by atomic mass is 10.2. The summed E-state index contributed by atoms with van der Waals surface area (Å²) in [6.07, 6.45) is 0. The highest BCUT2D eigenvalue weighted by molar-refractivity contribution is 7.98. The van der Waals surface area contributed by atoms with Crippen molar-refractivity contribution in [2.75, 3.05) is 0 Å². The molecule has 0 aliphatic carbocycles. The van der Waals surface area contributed by atoms with E-state index in [1.165, 1.54) is 6.07 Å². The fourth-order valence-corrected chi connectivity index (χ4v) is 2.96. The summed E-state index contributed by atoms with van der Waals surface area (Å²) in [5.41, 5.74) is 1.79. The van der Waals surface area contributed by atoms with Crippen LogP contribution in [0.2, 0.25) is 5.02 Å². The van der Waals surface area contributed by atoms with E-state index in [0.29, 0.717) is 5.78 Å². The van der Waals surface area contributed by atoms with Crippen molar-refractivity contribution >= 4 is 29.1 Å². The van der Waals surface area contributed by atoms with Crippen molar-refractivity contribution in [3.63, 3.8) is 0 Å². The molecule has 2 heterocycles. The molecular formula is C13H11ClN4OS. The van der Waals surface area contributed by atoms with E-state index in [0.717, 1.165) is 27.2 Å². The minimum Gasteiger partial charge on any atom is -0.291 e. The second-order valence-electron chi connectivity index (χ2n) is 4.33. The van der Waals surface area contributed by atoms with Crippen LogP contribution in [0.25, 0.3) is 5.78 Å². The third-order valence-corrected chi connectivity index (χ3v) is 4.09. The molecule has 1 aromatic carbocycles. The zero-order chi connectivity index (χ0) is 14.1. The third kappa shape index (κ3) is 2.57. The monoisotopic (exact) mass is 306 g/mol. The summed E-state index contributed by atoms with van der Waals surface area (Å²) in [6.45, 7) is 1.86. The van der Waals surface area contributed by atoms with Gasteiger partial charge in [-0.05, 0) is 24.6 Å². The lowest BCUT2D eigenvalue weighted by Gasteiger charge is -2.03. The predicted octanol–water partition coefficient (Wildman–Crippen LogP) is 2.67. The van der Waals surface area contributed by atoms with Gasteiger partial charge in [-0.1, -0.05) is 35.5 Å². The van der Waals surface area contributed by atoms with Crippen molar-refractivity contribution < 1.29 is 0 Å². The van der Waals surface area contributed by atoms with E-state index in [1.807, 2.05) is 35.6 Å². The summed E-state index contributed by atoms with van der Waals surface area (Å²) in [7, 11) is 0. The second-order valence-corrected chi connectivity index (χ2v) is 5.71. The molecule has 3 rings (SSSR count). The number of H-pyrrole nitrogens is 1. The van der Waals surface area contributed by atoms with E-state index in [4.69, 9.17) is 11.6 Å². The molecule has 0 unspecified atom stereocenters. The van der Waals surface area contributed by atoms with Crippen LogP contribution in [0.15, 0.2) is 40.3 Å². The number of aromatic amines is 1. The Labute approximate surface area is 124 Å². The average molecular weight is 307 g/mol. The van der Waals surface area contributed by atoms with Gasteiger partial charge in [0.25, 0.3) is 5.56 Å². The van der Waals surface area contributed by atoms with Crippen molar-refractivity contribution in [1.82, 2.24) is 19.6 Å². The number of aryl methyl sites for hydroxylation is 1. The third-order valence-electron chi connectivity index (χ3n) is 2.84. The molecule has 7 heteroatoms. The minimum absolute atomic E-state index is 0.170. The lowest BCUT2D eigenvalue weighted by Crippen LogP contribution is -2.09. The molecule has 0 saturated heterocycles. The Bertz CT molecular complexity index is 809. The van der Waals surface area contributed by atoms with Crippen LogP contribution < -0.4 is 5.56 Å². The molecule has 0 atom stereocenters. The van der Waals surface area contributed by atoms with Gasteiger partial charge in [-0.3, -0.25) is 14.2 Å². The summed E-state index contributed by atoms with van der Waals surface area (Å²) >= 11 is 7.42. The van der Waals surface area contributed by atoms with E-state index in [-0.39, 0.29) is 5.56 Å². The van der Waals surface area contributed by atoms with Crippen LogP contribution in [0, 0.1) is 6.92 Å². The van der Waals surface area contributed by atoms with Crippen LogP contribution >= 0.6 is 23.4 Å². The molecule has 0 fully saturated rings. The van der Waals surface area contributed by atoms with Crippen molar-refractivity contribution in [1.29, 1.82) is 0 Å². The highest BCUT2D eigenvalue weighted by Crippen LogP contribution is 2.22. The molecule has 0 amide bonds. The Morgan fingerprint density at radius 3 is 2.80 bits per heavy atom. The van der Waals surface area contributed by atoms with Gasteiger partial charge in [0, 0.05) is 22.5 Å². The van der Waals surface area contributed by atoms with Crippen LogP contribution in [0.3, 0.4) is 0 Å². The molecule has 1 N–H and O–H groups in total. The Morgan fingerprint density at radius 1 is 1.30 bits per heavy atom. The van der Waals surface area contributed by atoms with Crippen LogP contribution in [0.1, 0.15) is 11.3 Å². The van der Waals surface area contributed by atoms with Gasteiger partial charge in [0.15, 0.2) is 5.16 Å². The first-order valence-corrected chi connectivity index (χ1v) is 7.32. The molecule has 0 saturated carbocycles. The largest absolute Gasteiger partial charge is 0.291 e. The Hall–Kier alpha value is -1.79. The minimum atomic E-state index is -0.170. The van der Waals surface area contributed by atoms with Gasteiger partial charge in [0.1, 0.15) is 0 Å². The summed E-state index contributed by atoms with van der Waals surface area (Å²) in [4.78, 5) is 14.0. The number of hydrogen-bond acceptors (Lipinski definition) is 4. The number of nitrogens with one attached hydrogen (secondary N) is 1. The van der Waals surface area contributed by atoms with Gasteiger partial charge in [-0.15, -0.1) is 10.2 Å². The van der Waals surface area contributed by atoms with Crippen molar-refractivity contribution in [3.8, 4) is 0 Å². The number of benzene rings is 1. The zero-order valence-corrected chi connectivity index (χ0v) is 12.2. The zero-order valence-electron chi connectivity index (χ0n) is 10.6. The first-order valence-electron chi connectivity index (χ1n) is 5.96. The van der Waals surface area contributed by atoms with Gasteiger partial charge in [0.2, 0.25) is 5.78 Å². The quantitative estimate of drug-likeness (QED) is 0.756. The van der Waals surface area contributed by atoms with Crippen LogP contribution in [0.4, 0.5) is 0 Å². The van der Waals surface area contributed by atoms with Crippen molar-refractivity contribution in [3.05, 3.63) is 57.0 Å². The first-order chi connectivity index (χ1) is 9.63. The first kappa shape index (κ1) is 13.2. The van der Waals surface area contributed by atoms with Gasteiger partial charge < -0.3 is 0 Å². The molecule has 20 heavy (non-hydrogen) atoms. The molecule has 0 spiro atoms. The molecule has 102 valence electrons. The maximum atomic E-state index is 11.4. The van der Waals surface area contributed by atoms with Gasteiger partial charge in [-0.2, -0.15) is 0 Å². The second kappa shape index (κ2) is 5.30. The summed E-state index contributed by atoms with van der Waals surface area (Å²) in [5, 5.41) is 9.57. The smallest absolute Gasteiger partial charge is 0.252 e. The maximum absolute atomic E-state index is 11.4. The van der Waals surface area contributed by atoms with Crippen LogP contribution in [-0.2, 0) is 5.75 Å². The number of fused-ring (bicyclic) bond motifs is 1. The number of hydrogen-bond donors (Lipinski definition) is 1. The van der Waals surface area contributed by atoms with E-state index in [2.05, 4.69) is 15.2 Å². The topological polar surface area (TPSA) is 63.0 Å². The average Bonchev–Trinajstić information content (AvgIpc) is 2.81. The fourth-order valence-electron chi connectivity index (χ4n) is 1.89. The van der Waals surface area contributed by atoms with Gasteiger partial charge in [-0.25, -0.2) is 0 Å². The maximum Gasteiger partial charge on any atom is 0.252 e. The Morgan fingerprint density at radius 2 is 2.05 bits per heavy atom. The Balaban J connectivity index is 1.88. The molecular weight excluding hydrogens is 296 g/mol. The molecule has 5 nitrogen and oxygen atoms in total. The van der Waals surface area contributed by atoms with E-state index in [9.17, 15) is 4.79 Å². The van der Waals surface area contributed by atoms with Crippen LogP contribution in [0.5, 0.6) is 0 Å². The molecule has 0 radical (unpaired) electrons. The summed E-state index contributed by atoms with van der Waals surface area (Å²) < 4.78 is 1.84. The predicted molar refractivity (Wildman–Crippen MR) is 79.4 cm³/mol. The normalized spacial score (nSPS) is 11.1. The molecule has 0 bridgehead atoms. The van der Waals surface area contributed by atoms with E-state index >= 15 is 0 Å². The number of rotatable bonds is 3. The molecule has 0 aliphatic rings. The highest BCUT2D eigenvalue weighted by atomic mass is 35.5. The SMILES string of the molecule is Cc1cc(=O)[nH]c2nnc(SCc3ccc(Cl)cc3)n12. The standard InChI is InChI=1S/C13H11ClN4OS/c1-8-6-11(19)15-12-16-17-13(18(8)12)20-7-9-2-4-10(14)5-3-9/h2-6H,7H2,1H3,(H,15,16,19). The number of thioether (sulfide) groups is 1. The number of nitrogens with zero attached hydrogens (tertiary/aromatic N) is 3. The van der Waals surface area contributed by atoms with E-state index in [1.54, 1.807) is 11.8 Å². The summed E-state index contributed by atoms with van der Waals surface area (Å²) in [6, 6.07) is 9.22. The van der Waals surface area contributed by atoms with Crippen molar-refractivity contribution in [2.24, 2.45) is 0 Å². The van der Waals surface area contributed by atoms with Gasteiger partial charge >= 0.3 is 0 Å². The number of aromatic nitrogens is 4. The van der Waals surface area contributed by atoms with E-state index < -0.39 is 0 Å². The summed E-state index contributed by atoms with van der Waals surface area (Å²) in [5.74, 6) is 1.23. The fraction of sp³-hybridized carbons (Fsp3) is 0.154. The van der Waals surface area contributed by atoms with Crippen LogP contribution in [-0.4, -0.2) is 19.6 Å². The van der Waals surface area contributed by atoms with Crippen molar-refractivity contribution in [2.45, 2.75) is 17.8 Å². The Kier molecular flexibility index (Phi) is 3.50. The van der Waals surface area contributed by atoms with Gasteiger partial charge in [0.05, 0.1) is 0 Å². The number of halogens is 1. The lowest BCUT2D eigenvalue weighted by molar-refractivity contribution is 0.886. The highest BCUT2D eigenvalue weighted by Gasteiger charge is 2.09. The molecule has 2 aromatic heterocycles.